The summed E-state index contributed by atoms with van der Waals surface area (Å²) in [5.41, 5.74) is 0.449. The number of amides is 1. The quantitative estimate of drug-likeness (QED) is 0.537. The van der Waals surface area contributed by atoms with Gasteiger partial charge in [0.1, 0.15) is 5.82 Å². The van der Waals surface area contributed by atoms with E-state index in [1.54, 1.807) is 32.2 Å². The maximum atomic E-state index is 13.8. The van der Waals surface area contributed by atoms with Crippen molar-refractivity contribution in [3.63, 3.8) is 0 Å². The number of halogens is 1. The summed E-state index contributed by atoms with van der Waals surface area (Å²) in [7, 11) is -1.46. The van der Waals surface area contributed by atoms with Gasteiger partial charge >= 0.3 is 0 Å². The first-order valence-electron chi connectivity index (χ1n) is 8.74. The molecule has 1 aliphatic rings. The monoisotopic (exact) mass is 427 g/mol. The number of hydrogen-bond donors (Lipinski definition) is 1. The van der Waals surface area contributed by atoms with Crippen molar-refractivity contribution in [2.24, 2.45) is 0 Å². The third-order valence-corrected chi connectivity index (χ3v) is 7.57. The van der Waals surface area contributed by atoms with Gasteiger partial charge in [0.2, 0.25) is 11.1 Å². The highest BCUT2D eigenvalue weighted by atomic mass is 32.2. The smallest absolute Gasteiger partial charge is 0.235 e. The van der Waals surface area contributed by atoms with E-state index in [1.165, 1.54) is 15.6 Å². The van der Waals surface area contributed by atoms with Crippen molar-refractivity contribution in [2.75, 3.05) is 24.4 Å². The molecule has 1 aromatic heterocycles. The number of sulfone groups is 1. The molecule has 0 aliphatic carbocycles. The summed E-state index contributed by atoms with van der Waals surface area (Å²) >= 11 is 1.13. The van der Waals surface area contributed by atoms with Crippen molar-refractivity contribution in [3.8, 4) is 0 Å². The van der Waals surface area contributed by atoms with Crippen LogP contribution < -0.4 is 5.84 Å². The second-order valence-electron chi connectivity index (χ2n) is 6.80. The summed E-state index contributed by atoms with van der Waals surface area (Å²) < 4.78 is 38.4. The standard InChI is InChI=1S/C17H22FN5O3S2/c1-11(16(24)22(2)13-7-8-28(25,26)10-13)27-17-21-20-15(23(17)19)9-12-5-3-4-6-14(12)18/h3-6,11,13H,7-10,19H2,1-2H3/t11-,13+/m1/s1. The van der Waals surface area contributed by atoms with E-state index in [0.29, 0.717) is 23.0 Å². The molecule has 1 aromatic carbocycles. The van der Waals surface area contributed by atoms with E-state index < -0.39 is 15.1 Å². The first-order chi connectivity index (χ1) is 13.2. The van der Waals surface area contributed by atoms with Crippen LogP contribution >= 0.6 is 11.8 Å². The fraction of sp³-hybridized carbons (Fsp3) is 0.471. The highest BCUT2D eigenvalue weighted by molar-refractivity contribution is 8.00. The minimum Gasteiger partial charge on any atom is -0.341 e. The van der Waals surface area contributed by atoms with E-state index in [4.69, 9.17) is 5.84 Å². The van der Waals surface area contributed by atoms with Gasteiger partial charge in [-0.25, -0.2) is 17.5 Å². The molecule has 1 saturated heterocycles. The molecule has 0 bridgehead atoms. The van der Waals surface area contributed by atoms with Crippen molar-refractivity contribution in [1.29, 1.82) is 0 Å². The number of aromatic nitrogens is 3. The molecule has 3 rings (SSSR count). The van der Waals surface area contributed by atoms with E-state index in [9.17, 15) is 17.6 Å². The van der Waals surface area contributed by atoms with Crippen LogP contribution in [0.15, 0.2) is 29.4 Å². The topological polar surface area (TPSA) is 111 Å². The third-order valence-electron chi connectivity index (χ3n) is 4.78. The van der Waals surface area contributed by atoms with Crippen LogP contribution in [-0.4, -0.2) is 63.9 Å². The van der Waals surface area contributed by atoms with Crippen LogP contribution in [0.3, 0.4) is 0 Å². The Hall–Kier alpha value is -2.14. The number of carbonyl (C=O) groups excluding carboxylic acids is 1. The van der Waals surface area contributed by atoms with E-state index in [1.807, 2.05) is 0 Å². The predicted octanol–water partition coefficient (Wildman–Crippen LogP) is 0.848. The van der Waals surface area contributed by atoms with Gasteiger partial charge in [-0.3, -0.25) is 4.79 Å². The van der Waals surface area contributed by atoms with Gasteiger partial charge in [-0.2, -0.15) is 0 Å². The number of nitrogens with two attached hydrogens (primary N) is 1. The summed E-state index contributed by atoms with van der Waals surface area (Å²) in [4.78, 5) is 14.1. The minimum atomic E-state index is -3.07. The minimum absolute atomic E-state index is 0.00745. The molecule has 0 unspecified atom stereocenters. The highest BCUT2D eigenvalue weighted by Gasteiger charge is 2.34. The number of nitrogen functional groups attached to an aromatic ring is 1. The number of hydrogen-bond acceptors (Lipinski definition) is 7. The van der Waals surface area contributed by atoms with Crippen molar-refractivity contribution in [3.05, 3.63) is 41.5 Å². The molecule has 2 atom stereocenters. The maximum Gasteiger partial charge on any atom is 0.235 e. The Balaban J connectivity index is 1.66. The molecular formula is C17H22FN5O3S2. The van der Waals surface area contributed by atoms with Gasteiger partial charge in [-0.05, 0) is 25.0 Å². The lowest BCUT2D eigenvalue weighted by molar-refractivity contribution is -0.130. The van der Waals surface area contributed by atoms with Gasteiger partial charge in [-0.1, -0.05) is 30.0 Å². The predicted molar refractivity (Wildman–Crippen MR) is 105 cm³/mol. The molecular weight excluding hydrogens is 405 g/mol. The summed E-state index contributed by atoms with van der Waals surface area (Å²) in [5, 5.41) is 7.81. The molecule has 28 heavy (non-hydrogen) atoms. The normalized spacial score (nSPS) is 19.5. The lowest BCUT2D eigenvalue weighted by Gasteiger charge is -2.26. The lowest BCUT2D eigenvalue weighted by Crippen LogP contribution is -2.41. The van der Waals surface area contributed by atoms with E-state index >= 15 is 0 Å². The van der Waals surface area contributed by atoms with Crippen molar-refractivity contribution >= 4 is 27.5 Å². The summed E-state index contributed by atoms with van der Waals surface area (Å²) in [6, 6.07) is 6.03. The Morgan fingerprint density at radius 2 is 2.14 bits per heavy atom. The number of carbonyl (C=O) groups is 1. The Kier molecular flexibility index (Phi) is 5.94. The Morgan fingerprint density at radius 3 is 2.79 bits per heavy atom. The van der Waals surface area contributed by atoms with Crippen LogP contribution in [-0.2, 0) is 21.1 Å². The van der Waals surface area contributed by atoms with E-state index in [-0.39, 0.29) is 35.7 Å². The molecule has 1 aliphatic heterocycles. The van der Waals surface area contributed by atoms with Gasteiger partial charge in [0.05, 0.1) is 16.8 Å². The second kappa shape index (κ2) is 8.08. The number of rotatable bonds is 6. The Labute approximate surface area is 167 Å². The van der Waals surface area contributed by atoms with Crippen LogP contribution in [0.5, 0.6) is 0 Å². The molecule has 152 valence electrons. The second-order valence-corrected chi connectivity index (χ2v) is 10.3. The van der Waals surface area contributed by atoms with Crippen molar-refractivity contribution in [2.45, 2.75) is 36.2 Å². The molecule has 2 aromatic rings. The molecule has 0 spiro atoms. The first-order valence-corrected chi connectivity index (χ1v) is 11.4. The van der Waals surface area contributed by atoms with Crippen LogP contribution in [0, 0.1) is 5.82 Å². The fourth-order valence-electron chi connectivity index (χ4n) is 3.08. The largest absolute Gasteiger partial charge is 0.341 e. The molecule has 11 heteroatoms. The van der Waals surface area contributed by atoms with E-state index in [2.05, 4.69) is 10.2 Å². The fourth-order valence-corrected chi connectivity index (χ4v) is 5.74. The van der Waals surface area contributed by atoms with Crippen LogP contribution in [0.2, 0.25) is 0 Å². The molecule has 1 fully saturated rings. The molecule has 0 radical (unpaired) electrons. The van der Waals surface area contributed by atoms with Crippen molar-refractivity contribution in [1.82, 2.24) is 19.8 Å². The van der Waals surface area contributed by atoms with Gasteiger partial charge in [0, 0.05) is 19.5 Å². The summed E-state index contributed by atoms with van der Waals surface area (Å²) in [6.07, 6.45) is 0.626. The van der Waals surface area contributed by atoms with Gasteiger partial charge in [0.15, 0.2) is 15.7 Å². The van der Waals surface area contributed by atoms with Crippen LogP contribution in [0.1, 0.15) is 24.7 Å². The molecule has 2 heterocycles. The van der Waals surface area contributed by atoms with Gasteiger partial charge < -0.3 is 10.7 Å². The molecule has 2 N–H and O–H groups in total. The molecule has 8 nitrogen and oxygen atoms in total. The molecule has 1 amide bonds. The Morgan fingerprint density at radius 1 is 1.43 bits per heavy atom. The zero-order valence-electron chi connectivity index (χ0n) is 15.6. The zero-order chi connectivity index (χ0) is 20.5. The lowest BCUT2D eigenvalue weighted by atomic mass is 10.1. The maximum absolute atomic E-state index is 13.8. The highest BCUT2D eigenvalue weighted by Crippen LogP contribution is 2.25. The summed E-state index contributed by atoms with van der Waals surface area (Å²) in [6.45, 7) is 1.71. The third kappa shape index (κ3) is 4.46. The number of benzene rings is 1. The Bertz CT molecular complexity index is 979. The van der Waals surface area contributed by atoms with Crippen LogP contribution in [0.25, 0.3) is 0 Å². The number of thioether (sulfide) groups is 1. The average Bonchev–Trinajstić information content (AvgIpc) is 3.18. The molecule has 0 saturated carbocycles. The first kappa shape index (κ1) is 20.6. The number of nitrogens with zero attached hydrogens (tertiary/aromatic N) is 4. The SMILES string of the molecule is C[C@@H](Sc1nnc(Cc2ccccc2F)n1N)C(=O)N(C)[C@H]1CCS(=O)(=O)C1. The van der Waals surface area contributed by atoms with Gasteiger partial charge in [0.25, 0.3) is 0 Å². The average molecular weight is 428 g/mol. The van der Waals surface area contributed by atoms with Gasteiger partial charge in [-0.15, -0.1) is 10.2 Å². The van der Waals surface area contributed by atoms with E-state index in [0.717, 1.165) is 11.8 Å². The van der Waals surface area contributed by atoms with Crippen molar-refractivity contribution < 1.29 is 17.6 Å². The zero-order valence-corrected chi connectivity index (χ0v) is 17.2. The summed E-state index contributed by atoms with van der Waals surface area (Å²) in [5.74, 6) is 5.95. The van der Waals surface area contributed by atoms with Crippen LogP contribution in [0.4, 0.5) is 4.39 Å².